The van der Waals surface area contributed by atoms with E-state index in [-0.39, 0.29) is 5.60 Å². The van der Waals surface area contributed by atoms with Gasteiger partial charge in [0, 0.05) is 10.2 Å². The fourth-order valence-corrected chi connectivity index (χ4v) is 4.45. The molecule has 0 aromatic heterocycles. The molecular weight excluding hydrogens is 276 g/mol. The van der Waals surface area contributed by atoms with Gasteiger partial charge in [0.05, 0.1) is 11.7 Å². The monoisotopic (exact) mass is 302 g/mol. The predicted octanol–water partition coefficient (Wildman–Crippen LogP) is 5.07. The van der Waals surface area contributed by atoms with Crippen LogP contribution in [0.3, 0.4) is 0 Å². The van der Waals surface area contributed by atoms with Crippen molar-refractivity contribution in [3.63, 3.8) is 0 Å². The van der Waals surface area contributed by atoms with E-state index in [1.165, 1.54) is 44.9 Å². The van der Waals surface area contributed by atoms with E-state index in [1.54, 1.807) is 0 Å². The number of hydrogen-bond acceptors (Lipinski definition) is 1. The summed E-state index contributed by atoms with van der Waals surface area (Å²) in [6.07, 6.45) is 11.2. The molecule has 100 valence electrons. The van der Waals surface area contributed by atoms with Crippen molar-refractivity contribution in [1.82, 2.24) is 0 Å². The lowest BCUT2D eigenvalue weighted by molar-refractivity contribution is -0.175. The molecule has 0 aliphatic heterocycles. The Morgan fingerprint density at radius 3 is 2.24 bits per heavy atom. The minimum Gasteiger partial charge on any atom is -0.372 e. The minimum absolute atomic E-state index is 0.0527. The number of halogens is 1. The van der Waals surface area contributed by atoms with Crippen LogP contribution in [-0.2, 0) is 4.74 Å². The highest BCUT2D eigenvalue weighted by Crippen LogP contribution is 2.56. The van der Waals surface area contributed by atoms with Crippen LogP contribution in [0.4, 0.5) is 0 Å². The quantitative estimate of drug-likeness (QED) is 0.662. The fourth-order valence-electron chi connectivity index (χ4n) is 3.35. The Morgan fingerprint density at radius 1 is 1.18 bits per heavy atom. The van der Waals surface area contributed by atoms with Crippen LogP contribution in [0.1, 0.15) is 72.1 Å². The van der Waals surface area contributed by atoms with E-state index in [1.807, 2.05) is 0 Å². The second-order valence-electron chi connectivity index (χ2n) is 6.57. The van der Waals surface area contributed by atoms with Gasteiger partial charge in [-0.25, -0.2) is 0 Å². The van der Waals surface area contributed by atoms with E-state index >= 15 is 0 Å². The Hall–Kier alpha value is 0.440. The first kappa shape index (κ1) is 13.9. The lowest BCUT2D eigenvalue weighted by Crippen LogP contribution is -2.57. The van der Waals surface area contributed by atoms with E-state index in [0.717, 1.165) is 6.42 Å². The van der Waals surface area contributed by atoms with E-state index in [9.17, 15) is 0 Å². The highest BCUT2D eigenvalue weighted by Gasteiger charge is 2.55. The molecule has 2 fully saturated rings. The topological polar surface area (TPSA) is 9.23 Å². The lowest BCUT2D eigenvalue weighted by atomic mass is 9.61. The first-order valence-corrected chi connectivity index (χ1v) is 8.24. The van der Waals surface area contributed by atoms with Crippen LogP contribution in [-0.4, -0.2) is 16.5 Å². The van der Waals surface area contributed by atoms with Gasteiger partial charge in [0.1, 0.15) is 0 Å². The van der Waals surface area contributed by atoms with Crippen LogP contribution in [0.25, 0.3) is 0 Å². The molecule has 2 heteroatoms. The molecule has 17 heavy (non-hydrogen) atoms. The summed E-state index contributed by atoms with van der Waals surface area (Å²) in [7, 11) is 0. The summed E-state index contributed by atoms with van der Waals surface area (Å²) in [5.41, 5.74) is 0.514. The summed E-state index contributed by atoms with van der Waals surface area (Å²) in [6.45, 7) is 6.70. The molecule has 0 aromatic carbocycles. The molecule has 0 saturated heterocycles. The van der Waals surface area contributed by atoms with Gasteiger partial charge in [0.2, 0.25) is 0 Å². The molecule has 2 atom stereocenters. The van der Waals surface area contributed by atoms with E-state index < -0.39 is 0 Å². The third-order valence-electron chi connectivity index (χ3n) is 5.03. The van der Waals surface area contributed by atoms with Crippen molar-refractivity contribution in [3.8, 4) is 0 Å². The van der Waals surface area contributed by atoms with Crippen molar-refractivity contribution < 1.29 is 4.74 Å². The van der Waals surface area contributed by atoms with Crippen LogP contribution in [0.5, 0.6) is 0 Å². The van der Waals surface area contributed by atoms with Gasteiger partial charge >= 0.3 is 0 Å². The van der Waals surface area contributed by atoms with Crippen molar-refractivity contribution in [1.29, 1.82) is 0 Å². The van der Waals surface area contributed by atoms with Crippen molar-refractivity contribution in [2.24, 2.45) is 5.41 Å². The second kappa shape index (κ2) is 5.21. The Labute approximate surface area is 115 Å². The molecule has 1 nitrogen and oxygen atoms in total. The Kier molecular flexibility index (Phi) is 4.24. The number of rotatable bonds is 3. The summed E-state index contributed by atoms with van der Waals surface area (Å²) >= 11 is 3.90. The molecule has 2 aliphatic carbocycles. The Balaban J connectivity index is 2.03. The number of hydrogen-bond donors (Lipinski definition) is 0. The standard InChI is InChI=1S/C15H27BrO/c1-4-14(2,3)17-13-11-12(16)15(13)9-7-5-6-8-10-15/h12-13H,4-11H2,1-3H3. The van der Waals surface area contributed by atoms with Crippen molar-refractivity contribution >= 4 is 15.9 Å². The van der Waals surface area contributed by atoms with Crippen molar-refractivity contribution in [2.75, 3.05) is 0 Å². The molecule has 0 heterocycles. The number of alkyl halides is 1. The zero-order valence-corrected chi connectivity index (χ0v) is 13.2. The molecule has 0 amide bonds. The van der Waals surface area contributed by atoms with Crippen molar-refractivity contribution in [2.45, 2.75) is 88.7 Å². The molecule has 1 spiro atoms. The van der Waals surface area contributed by atoms with E-state index in [2.05, 4.69) is 36.7 Å². The minimum atomic E-state index is 0.0527. The zero-order valence-electron chi connectivity index (χ0n) is 11.6. The van der Waals surface area contributed by atoms with E-state index in [4.69, 9.17) is 4.74 Å². The molecule has 0 N–H and O–H groups in total. The summed E-state index contributed by atoms with van der Waals surface area (Å²) in [5, 5.41) is 0. The smallest absolute Gasteiger partial charge is 0.0660 e. The normalized spacial score (nSPS) is 33.2. The largest absolute Gasteiger partial charge is 0.372 e. The van der Waals surface area contributed by atoms with Crippen LogP contribution in [0, 0.1) is 5.41 Å². The van der Waals surface area contributed by atoms with Crippen LogP contribution >= 0.6 is 15.9 Å². The Morgan fingerprint density at radius 2 is 1.76 bits per heavy atom. The molecular formula is C15H27BrO. The maximum absolute atomic E-state index is 6.41. The summed E-state index contributed by atoms with van der Waals surface area (Å²) in [5.74, 6) is 0. The third-order valence-corrected chi connectivity index (χ3v) is 6.32. The van der Waals surface area contributed by atoms with Gasteiger partial charge in [-0.3, -0.25) is 0 Å². The van der Waals surface area contributed by atoms with Gasteiger partial charge in [-0.2, -0.15) is 0 Å². The van der Waals surface area contributed by atoms with Gasteiger partial charge in [-0.15, -0.1) is 0 Å². The molecule has 0 radical (unpaired) electrons. The van der Waals surface area contributed by atoms with Gasteiger partial charge in [-0.1, -0.05) is 48.5 Å². The first-order chi connectivity index (χ1) is 8.00. The molecule has 2 rings (SSSR count). The fraction of sp³-hybridized carbons (Fsp3) is 1.00. The van der Waals surface area contributed by atoms with Crippen LogP contribution in [0.15, 0.2) is 0 Å². The molecule has 0 aromatic rings. The molecule has 2 saturated carbocycles. The Bertz CT molecular complexity index is 254. The summed E-state index contributed by atoms with van der Waals surface area (Å²) in [4.78, 5) is 0.700. The summed E-state index contributed by atoms with van der Waals surface area (Å²) < 4.78 is 6.41. The first-order valence-electron chi connectivity index (χ1n) is 7.32. The van der Waals surface area contributed by atoms with Gasteiger partial charge in [-0.05, 0) is 39.5 Å². The summed E-state index contributed by atoms with van der Waals surface area (Å²) in [6, 6.07) is 0. The third kappa shape index (κ3) is 2.73. The average molecular weight is 303 g/mol. The number of ether oxygens (including phenoxy) is 1. The molecule has 2 unspecified atom stereocenters. The zero-order chi connectivity index (χ0) is 12.5. The SMILES string of the molecule is CCC(C)(C)OC1CC(Br)C12CCCCCC2. The highest BCUT2D eigenvalue weighted by atomic mass is 79.9. The maximum Gasteiger partial charge on any atom is 0.0660 e. The van der Waals surface area contributed by atoms with E-state index in [0.29, 0.717) is 16.3 Å². The average Bonchev–Trinajstić information content (AvgIpc) is 2.56. The van der Waals surface area contributed by atoms with Gasteiger partial charge < -0.3 is 4.74 Å². The highest BCUT2D eigenvalue weighted by molar-refractivity contribution is 9.09. The second-order valence-corrected chi connectivity index (χ2v) is 7.68. The van der Waals surface area contributed by atoms with Crippen molar-refractivity contribution in [3.05, 3.63) is 0 Å². The maximum atomic E-state index is 6.41. The molecule has 2 aliphatic rings. The van der Waals surface area contributed by atoms with Crippen LogP contribution in [0.2, 0.25) is 0 Å². The molecule has 0 bridgehead atoms. The predicted molar refractivity (Wildman–Crippen MR) is 76.7 cm³/mol. The van der Waals surface area contributed by atoms with Gasteiger partial charge in [0.15, 0.2) is 0 Å². The lowest BCUT2D eigenvalue weighted by Gasteiger charge is -2.55. The van der Waals surface area contributed by atoms with Crippen LogP contribution < -0.4 is 0 Å². The van der Waals surface area contributed by atoms with Gasteiger partial charge in [0.25, 0.3) is 0 Å².